The van der Waals surface area contributed by atoms with Gasteiger partial charge in [0.2, 0.25) is 5.91 Å². The van der Waals surface area contributed by atoms with Gasteiger partial charge in [-0.15, -0.1) is 0 Å². The molecule has 0 aliphatic heterocycles. The Balaban J connectivity index is 1.71. The van der Waals surface area contributed by atoms with Crippen molar-refractivity contribution in [3.8, 4) is 0 Å². The number of aryl methyl sites for hydroxylation is 3. The van der Waals surface area contributed by atoms with Gasteiger partial charge in [0, 0.05) is 0 Å². The fourth-order valence-corrected chi connectivity index (χ4v) is 5.58. The van der Waals surface area contributed by atoms with E-state index in [2.05, 4.69) is 5.32 Å². The predicted molar refractivity (Wildman–Crippen MR) is 144 cm³/mol. The van der Waals surface area contributed by atoms with Crippen molar-refractivity contribution in [2.24, 2.45) is 0 Å². The van der Waals surface area contributed by atoms with Gasteiger partial charge in [-0.3, -0.25) is 9.10 Å². The Kier molecular flexibility index (Phi) is 7.55. The van der Waals surface area contributed by atoms with Crippen LogP contribution in [0.1, 0.15) is 33.9 Å². The second kappa shape index (κ2) is 10.8. The van der Waals surface area contributed by atoms with Crippen LogP contribution in [0.2, 0.25) is 0 Å². The molecule has 0 fully saturated rings. The molecule has 4 rings (SSSR count). The van der Waals surface area contributed by atoms with Gasteiger partial charge in [-0.05, 0) is 72.9 Å². The van der Waals surface area contributed by atoms with Crippen LogP contribution in [-0.4, -0.2) is 20.9 Å². The van der Waals surface area contributed by atoms with Crippen molar-refractivity contribution in [2.45, 2.75) is 31.7 Å². The lowest BCUT2D eigenvalue weighted by molar-refractivity contribution is -0.120. The van der Waals surface area contributed by atoms with E-state index in [0.29, 0.717) is 5.69 Å². The maximum Gasteiger partial charge on any atom is 0.264 e. The van der Waals surface area contributed by atoms with Crippen molar-refractivity contribution in [1.29, 1.82) is 0 Å². The molecule has 184 valence electrons. The minimum Gasteiger partial charge on any atom is -0.344 e. The molecular weight excluding hydrogens is 468 g/mol. The zero-order chi connectivity index (χ0) is 25.7. The zero-order valence-electron chi connectivity index (χ0n) is 20.7. The Morgan fingerprint density at radius 3 is 2.00 bits per heavy atom. The number of carbonyl (C=O) groups is 1. The summed E-state index contributed by atoms with van der Waals surface area (Å²) in [5.74, 6) is -0.398. The second-order valence-electron chi connectivity index (χ2n) is 8.86. The monoisotopic (exact) mass is 498 g/mol. The molecule has 0 aliphatic rings. The highest BCUT2D eigenvalue weighted by Gasteiger charge is 2.29. The lowest BCUT2D eigenvalue weighted by Crippen LogP contribution is -2.42. The van der Waals surface area contributed by atoms with Gasteiger partial charge in [-0.1, -0.05) is 78.9 Å². The van der Waals surface area contributed by atoms with Crippen molar-refractivity contribution in [3.05, 3.63) is 131 Å². The highest BCUT2D eigenvalue weighted by Crippen LogP contribution is 2.27. The summed E-state index contributed by atoms with van der Waals surface area (Å²) in [5.41, 5.74) is 5.36. The number of sulfonamides is 1. The van der Waals surface area contributed by atoms with E-state index < -0.39 is 22.0 Å². The maximum absolute atomic E-state index is 13.7. The Labute approximate surface area is 213 Å². The molecule has 36 heavy (non-hydrogen) atoms. The molecule has 1 N–H and O–H groups in total. The number of carbonyl (C=O) groups excluding carboxylic acids is 1. The second-order valence-corrected chi connectivity index (χ2v) is 10.7. The van der Waals surface area contributed by atoms with Crippen molar-refractivity contribution in [2.75, 3.05) is 10.8 Å². The van der Waals surface area contributed by atoms with Gasteiger partial charge in [0.05, 0.1) is 16.6 Å². The van der Waals surface area contributed by atoms with E-state index in [1.807, 2.05) is 81.4 Å². The first kappa shape index (κ1) is 25.2. The van der Waals surface area contributed by atoms with E-state index >= 15 is 0 Å². The van der Waals surface area contributed by atoms with Crippen LogP contribution in [0.4, 0.5) is 5.69 Å². The quantitative estimate of drug-likeness (QED) is 0.338. The molecule has 1 atom stereocenters. The summed E-state index contributed by atoms with van der Waals surface area (Å²) < 4.78 is 28.6. The molecule has 0 saturated carbocycles. The minimum atomic E-state index is -3.98. The van der Waals surface area contributed by atoms with Crippen LogP contribution in [0, 0.1) is 20.8 Å². The van der Waals surface area contributed by atoms with Crippen LogP contribution in [0.3, 0.4) is 0 Å². The van der Waals surface area contributed by atoms with E-state index in [1.54, 1.807) is 42.5 Å². The minimum absolute atomic E-state index is 0.134. The van der Waals surface area contributed by atoms with Gasteiger partial charge in [0.1, 0.15) is 6.54 Å². The largest absolute Gasteiger partial charge is 0.344 e. The first-order valence-electron chi connectivity index (χ1n) is 11.8. The third kappa shape index (κ3) is 5.50. The van der Waals surface area contributed by atoms with Crippen LogP contribution in [0.15, 0.2) is 108 Å². The van der Waals surface area contributed by atoms with E-state index in [1.165, 1.54) is 4.31 Å². The van der Waals surface area contributed by atoms with Crippen molar-refractivity contribution >= 4 is 21.6 Å². The molecule has 0 unspecified atom stereocenters. The van der Waals surface area contributed by atoms with E-state index in [-0.39, 0.29) is 11.4 Å². The topological polar surface area (TPSA) is 66.5 Å². The third-order valence-corrected chi connectivity index (χ3v) is 8.12. The summed E-state index contributed by atoms with van der Waals surface area (Å²) in [7, 11) is -3.98. The molecule has 0 aromatic heterocycles. The molecule has 1 amide bonds. The highest BCUT2D eigenvalue weighted by molar-refractivity contribution is 7.92. The van der Waals surface area contributed by atoms with Gasteiger partial charge >= 0.3 is 0 Å². The summed E-state index contributed by atoms with van der Waals surface area (Å²) in [6.07, 6.45) is 0. The Hall–Kier alpha value is -3.90. The molecule has 0 spiro atoms. The molecule has 6 heteroatoms. The number of hydrogen-bond donors (Lipinski definition) is 1. The van der Waals surface area contributed by atoms with Crippen LogP contribution in [0.5, 0.6) is 0 Å². The van der Waals surface area contributed by atoms with Gasteiger partial charge < -0.3 is 5.32 Å². The molecular formula is C30H30N2O3S. The van der Waals surface area contributed by atoms with Crippen LogP contribution in [-0.2, 0) is 14.8 Å². The van der Waals surface area contributed by atoms with Crippen LogP contribution >= 0.6 is 0 Å². The van der Waals surface area contributed by atoms with Crippen molar-refractivity contribution in [1.82, 2.24) is 5.32 Å². The normalized spacial score (nSPS) is 12.1. The number of nitrogens with zero attached hydrogens (tertiary/aromatic N) is 1. The number of hydrogen-bond acceptors (Lipinski definition) is 3. The Bertz CT molecular complexity index is 1450. The van der Waals surface area contributed by atoms with Gasteiger partial charge in [0.15, 0.2) is 0 Å². The first-order valence-corrected chi connectivity index (χ1v) is 13.3. The fourth-order valence-electron chi connectivity index (χ4n) is 4.15. The number of benzene rings is 4. The van der Waals surface area contributed by atoms with Gasteiger partial charge in [0.25, 0.3) is 10.0 Å². The maximum atomic E-state index is 13.7. The number of anilines is 1. The highest BCUT2D eigenvalue weighted by atomic mass is 32.2. The van der Waals surface area contributed by atoms with Gasteiger partial charge in [-0.2, -0.15) is 0 Å². The summed E-state index contributed by atoms with van der Waals surface area (Å²) in [4.78, 5) is 13.6. The average Bonchev–Trinajstić information content (AvgIpc) is 2.89. The molecule has 5 nitrogen and oxygen atoms in total. The van der Waals surface area contributed by atoms with E-state index in [0.717, 1.165) is 27.8 Å². The van der Waals surface area contributed by atoms with Crippen LogP contribution < -0.4 is 9.62 Å². The molecule has 0 radical (unpaired) electrons. The number of nitrogens with one attached hydrogen (secondary N) is 1. The third-order valence-electron chi connectivity index (χ3n) is 6.33. The fraction of sp³-hybridized carbons (Fsp3) is 0.167. The lowest BCUT2D eigenvalue weighted by Gasteiger charge is -2.27. The summed E-state index contributed by atoms with van der Waals surface area (Å²) in [6, 6.07) is 30.8. The summed E-state index contributed by atoms with van der Waals surface area (Å²) in [6.45, 7) is 5.54. The van der Waals surface area contributed by atoms with Crippen molar-refractivity contribution < 1.29 is 13.2 Å². The Morgan fingerprint density at radius 2 is 1.36 bits per heavy atom. The first-order chi connectivity index (χ1) is 17.3. The molecule has 0 aliphatic carbocycles. The Morgan fingerprint density at radius 1 is 0.750 bits per heavy atom. The van der Waals surface area contributed by atoms with Crippen LogP contribution in [0.25, 0.3) is 0 Å². The predicted octanol–water partition coefficient (Wildman–Crippen LogP) is 5.71. The zero-order valence-corrected chi connectivity index (χ0v) is 21.5. The number of rotatable bonds is 8. The molecule has 0 saturated heterocycles. The summed E-state index contributed by atoms with van der Waals surface area (Å²) >= 11 is 0. The standard InChI is InChI=1S/C30H30N2O3S/c1-22-18-19-26(20-24(22)3)32(36(34,35)27-15-8-5-9-16-27)21-29(33)31-30(25-13-6-4-7-14-25)28-17-11-10-12-23(28)2/h4-20,30H,21H2,1-3H3,(H,31,33)/t30-/m1/s1. The number of amides is 1. The average molecular weight is 499 g/mol. The van der Waals surface area contributed by atoms with E-state index in [4.69, 9.17) is 0 Å². The molecule has 0 heterocycles. The van der Waals surface area contributed by atoms with E-state index in [9.17, 15) is 13.2 Å². The smallest absolute Gasteiger partial charge is 0.264 e. The van der Waals surface area contributed by atoms with Crippen molar-refractivity contribution in [3.63, 3.8) is 0 Å². The molecule has 0 bridgehead atoms. The van der Waals surface area contributed by atoms with Gasteiger partial charge in [-0.25, -0.2) is 8.42 Å². The SMILES string of the molecule is Cc1ccc(N(CC(=O)N[C@H](c2ccccc2)c2ccccc2C)S(=O)(=O)c2ccccc2)cc1C. The lowest BCUT2D eigenvalue weighted by atomic mass is 9.95. The summed E-state index contributed by atoms with van der Waals surface area (Å²) in [5, 5.41) is 3.10. The molecule has 4 aromatic rings. The molecule has 4 aromatic carbocycles.